The zero-order valence-corrected chi connectivity index (χ0v) is 10.4. The van der Waals surface area contributed by atoms with Crippen LogP contribution in [-0.4, -0.2) is 56.5 Å². The molecule has 0 atom stereocenters. The summed E-state index contributed by atoms with van der Waals surface area (Å²) in [6.45, 7) is 3.37. The van der Waals surface area contributed by atoms with E-state index >= 15 is 0 Å². The number of nitrogens with two attached hydrogens (primary N) is 1. The zero-order chi connectivity index (χ0) is 12.7. The first kappa shape index (κ1) is 13.9. The molecular weight excluding hydrogens is 220 g/mol. The smallest absolute Gasteiger partial charge is 0.309 e. The van der Waals surface area contributed by atoms with Crippen molar-refractivity contribution in [2.45, 2.75) is 12.8 Å². The second-order valence-corrected chi connectivity index (χ2v) is 4.50. The Kier molecular flexibility index (Phi) is 5.93. The van der Waals surface area contributed by atoms with E-state index in [0.717, 1.165) is 25.9 Å². The highest BCUT2D eigenvalue weighted by atomic mass is 16.2. The molecule has 0 radical (unpaired) electrons. The number of hydrogen-bond donors (Lipinski definition) is 3. The van der Waals surface area contributed by atoms with Crippen LogP contribution < -0.4 is 16.4 Å². The molecule has 1 aliphatic rings. The Morgan fingerprint density at radius 2 is 1.82 bits per heavy atom. The lowest BCUT2D eigenvalue weighted by molar-refractivity contribution is -0.139. The number of carbonyl (C=O) groups is 2. The molecule has 0 aromatic rings. The summed E-state index contributed by atoms with van der Waals surface area (Å²) in [6, 6.07) is 0. The monoisotopic (exact) mass is 242 g/mol. The van der Waals surface area contributed by atoms with Crippen LogP contribution in [0.4, 0.5) is 0 Å². The van der Waals surface area contributed by atoms with Crippen LogP contribution in [0.5, 0.6) is 0 Å². The Balaban J connectivity index is 2.17. The quantitative estimate of drug-likeness (QED) is 0.525. The molecule has 1 aliphatic heterocycles. The molecule has 0 aromatic carbocycles. The first-order valence-corrected chi connectivity index (χ1v) is 6.08. The molecule has 1 rings (SSSR count). The number of nitrogens with one attached hydrogen (secondary N) is 2. The first-order chi connectivity index (χ1) is 8.13. The van der Waals surface area contributed by atoms with Gasteiger partial charge in [0.15, 0.2) is 0 Å². The molecule has 0 aromatic heterocycles. The number of nitrogens with zero attached hydrogens (tertiary/aromatic N) is 1. The van der Waals surface area contributed by atoms with E-state index in [1.54, 1.807) is 0 Å². The summed E-state index contributed by atoms with van der Waals surface area (Å²) in [6.07, 6.45) is 2.14. The van der Waals surface area contributed by atoms with Crippen molar-refractivity contribution in [3.63, 3.8) is 0 Å². The first-order valence-electron chi connectivity index (χ1n) is 6.08. The van der Waals surface area contributed by atoms with Gasteiger partial charge in [-0.05, 0) is 38.9 Å². The van der Waals surface area contributed by atoms with Gasteiger partial charge < -0.3 is 21.3 Å². The lowest BCUT2D eigenvalue weighted by Gasteiger charge is -2.28. The number of rotatable bonds is 4. The highest BCUT2D eigenvalue weighted by molar-refractivity contribution is 6.35. The van der Waals surface area contributed by atoms with Crippen LogP contribution >= 0.6 is 0 Å². The van der Waals surface area contributed by atoms with Crippen molar-refractivity contribution < 1.29 is 9.59 Å². The van der Waals surface area contributed by atoms with Gasteiger partial charge in [-0.2, -0.15) is 0 Å². The number of amides is 2. The molecule has 0 bridgehead atoms. The summed E-state index contributed by atoms with van der Waals surface area (Å²) >= 11 is 0. The third-order valence-electron chi connectivity index (χ3n) is 3.03. The number of hydrogen-bond acceptors (Lipinski definition) is 4. The van der Waals surface area contributed by atoms with E-state index in [4.69, 9.17) is 5.73 Å². The second kappa shape index (κ2) is 7.24. The van der Waals surface area contributed by atoms with Crippen molar-refractivity contribution in [3.8, 4) is 0 Å². The summed E-state index contributed by atoms with van der Waals surface area (Å²) in [5.74, 6) is -0.668. The lowest BCUT2D eigenvalue weighted by Crippen LogP contribution is -2.44. The molecule has 98 valence electrons. The highest BCUT2D eigenvalue weighted by Gasteiger charge is 2.19. The van der Waals surface area contributed by atoms with Crippen LogP contribution in [0.25, 0.3) is 0 Å². The number of piperidine rings is 1. The van der Waals surface area contributed by atoms with Crippen molar-refractivity contribution in [3.05, 3.63) is 0 Å². The van der Waals surface area contributed by atoms with Crippen LogP contribution in [0.1, 0.15) is 12.8 Å². The molecule has 17 heavy (non-hydrogen) atoms. The summed E-state index contributed by atoms with van der Waals surface area (Å²) in [4.78, 5) is 24.9. The molecule has 1 fully saturated rings. The minimum atomic E-state index is -0.594. The van der Waals surface area contributed by atoms with E-state index < -0.39 is 11.8 Å². The molecule has 6 heteroatoms. The molecule has 6 nitrogen and oxygen atoms in total. The predicted octanol–water partition coefficient (Wildman–Crippen LogP) is -1.48. The van der Waals surface area contributed by atoms with Gasteiger partial charge in [0.1, 0.15) is 0 Å². The van der Waals surface area contributed by atoms with Gasteiger partial charge in [0.25, 0.3) is 0 Å². The molecule has 1 saturated heterocycles. The highest BCUT2D eigenvalue weighted by Crippen LogP contribution is 2.14. The second-order valence-electron chi connectivity index (χ2n) is 4.50. The fraction of sp³-hybridized carbons (Fsp3) is 0.818. The van der Waals surface area contributed by atoms with E-state index in [0.29, 0.717) is 25.6 Å². The topological polar surface area (TPSA) is 87.5 Å². The van der Waals surface area contributed by atoms with Gasteiger partial charge in [0, 0.05) is 19.6 Å². The van der Waals surface area contributed by atoms with E-state index in [9.17, 15) is 9.59 Å². The van der Waals surface area contributed by atoms with Gasteiger partial charge in [-0.3, -0.25) is 9.59 Å². The predicted molar refractivity (Wildman–Crippen MR) is 65.3 cm³/mol. The van der Waals surface area contributed by atoms with Gasteiger partial charge in [0.05, 0.1) is 0 Å². The molecule has 4 N–H and O–H groups in total. The number of likely N-dealkylation sites (tertiary alicyclic amines) is 1. The maximum absolute atomic E-state index is 11.4. The Bertz CT molecular complexity index is 262. The van der Waals surface area contributed by atoms with Crippen LogP contribution in [0, 0.1) is 5.92 Å². The van der Waals surface area contributed by atoms with Crippen LogP contribution in [0.2, 0.25) is 0 Å². The Labute approximate surface area is 102 Å². The van der Waals surface area contributed by atoms with E-state index in [-0.39, 0.29) is 0 Å². The Morgan fingerprint density at radius 1 is 1.24 bits per heavy atom. The van der Waals surface area contributed by atoms with Crippen molar-refractivity contribution in [1.82, 2.24) is 15.5 Å². The lowest BCUT2D eigenvalue weighted by atomic mass is 9.97. The largest absolute Gasteiger partial charge is 0.348 e. The summed E-state index contributed by atoms with van der Waals surface area (Å²) in [5, 5.41) is 5.11. The molecule has 0 saturated carbocycles. The van der Waals surface area contributed by atoms with Gasteiger partial charge in [-0.1, -0.05) is 0 Å². The van der Waals surface area contributed by atoms with E-state index in [1.807, 2.05) is 0 Å². The minimum absolute atomic E-state index is 0.334. The van der Waals surface area contributed by atoms with Gasteiger partial charge in [0.2, 0.25) is 0 Å². The van der Waals surface area contributed by atoms with Crippen LogP contribution in [0.15, 0.2) is 0 Å². The zero-order valence-electron chi connectivity index (χ0n) is 10.4. The average Bonchev–Trinajstić information content (AvgIpc) is 2.34. The summed E-state index contributed by atoms with van der Waals surface area (Å²) in [5.41, 5.74) is 5.23. The van der Waals surface area contributed by atoms with Crippen molar-refractivity contribution in [1.29, 1.82) is 0 Å². The molecular formula is C11H22N4O2. The maximum atomic E-state index is 11.4. The number of carbonyl (C=O) groups excluding carboxylic acids is 2. The van der Waals surface area contributed by atoms with Crippen LogP contribution in [-0.2, 0) is 9.59 Å². The molecule has 0 unspecified atom stereocenters. The van der Waals surface area contributed by atoms with Crippen LogP contribution in [0.3, 0.4) is 0 Å². The molecule has 1 heterocycles. The fourth-order valence-electron chi connectivity index (χ4n) is 1.85. The normalized spacial score (nSPS) is 17.8. The third kappa shape index (κ3) is 5.14. The maximum Gasteiger partial charge on any atom is 0.309 e. The fourth-order valence-corrected chi connectivity index (χ4v) is 1.85. The van der Waals surface area contributed by atoms with Gasteiger partial charge in [-0.25, -0.2) is 0 Å². The van der Waals surface area contributed by atoms with E-state index in [2.05, 4.69) is 22.6 Å². The standard InChI is InChI=1S/C11H22N4O2/c1-15-6-2-9(3-7-15)8-14-11(17)10(16)13-5-4-12/h9H,2-8,12H2,1H3,(H,13,16)(H,14,17). The van der Waals surface area contributed by atoms with Crippen molar-refractivity contribution in [2.75, 3.05) is 39.8 Å². The SMILES string of the molecule is CN1CCC(CNC(=O)C(=O)NCCN)CC1. The summed E-state index contributed by atoms with van der Waals surface area (Å²) in [7, 11) is 2.09. The van der Waals surface area contributed by atoms with E-state index in [1.165, 1.54) is 0 Å². The van der Waals surface area contributed by atoms with Gasteiger partial charge in [-0.15, -0.1) is 0 Å². The molecule has 0 spiro atoms. The Morgan fingerprint density at radius 3 is 2.41 bits per heavy atom. The van der Waals surface area contributed by atoms with Crippen molar-refractivity contribution in [2.24, 2.45) is 11.7 Å². The minimum Gasteiger partial charge on any atom is -0.348 e. The summed E-state index contributed by atoms with van der Waals surface area (Å²) < 4.78 is 0. The Hall–Kier alpha value is -1.14. The van der Waals surface area contributed by atoms with Crippen molar-refractivity contribution >= 4 is 11.8 Å². The van der Waals surface area contributed by atoms with Gasteiger partial charge >= 0.3 is 11.8 Å². The third-order valence-corrected chi connectivity index (χ3v) is 3.03. The molecule has 2 amide bonds. The molecule has 0 aliphatic carbocycles. The average molecular weight is 242 g/mol.